The smallest absolute Gasteiger partial charge is 0.170 e. The number of nitrogens with zero attached hydrogens (tertiary/aromatic N) is 4. The summed E-state index contributed by atoms with van der Waals surface area (Å²) in [5, 5.41) is 17.7. The number of fused-ring (bicyclic) bond motifs is 1. The Kier molecular flexibility index (Phi) is 2.79. The summed E-state index contributed by atoms with van der Waals surface area (Å²) < 4.78 is 0. The lowest BCUT2D eigenvalue weighted by Gasteiger charge is -2.18. The summed E-state index contributed by atoms with van der Waals surface area (Å²) in [6, 6.07) is 8.17. The van der Waals surface area contributed by atoms with Gasteiger partial charge in [-0.15, -0.1) is 5.10 Å². The Bertz CT molecular complexity index is 730. The largest absolute Gasteiger partial charge is 0.399 e. The Morgan fingerprint density at radius 3 is 2.70 bits per heavy atom. The Morgan fingerprint density at radius 2 is 1.95 bits per heavy atom. The van der Waals surface area contributed by atoms with Gasteiger partial charge in [0.2, 0.25) is 0 Å². The summed E-state index contributed by atoms with van der Waals surface area (Å²) in [4.78, 5) is 2.07. The lowest BCUT2D eigenvalue weighted by Crippen LogP contribution is -2.19. The fourth-order valence-electron chi connectivity index (χ4n) is 2.52. The molecule has 5 heteroatoms. The number of aryl methyl sites for hydroxylation is 1. The molecule has 0 saturated carbocycles. The van der Waals surface area contributed by atoms with Crippen molar-refractivity contribution in [3.63, 3.8) is 0 Å². The topological polar surface area (TPSA) is 78.8 Å². The van der Waals surface area contributed by atoms with Gasteiger partial charge >= 0.3 is 0 Å². The second kappa shape index (κ2) is 4.49. The molecule has 0 aliphatic carbocycles. The molecule has 1 aliphatic heterocycles. The first-order chi connectivity index (χ1) is 9.60. The first-order valence-electron chi connectivity index (χ1n) is 6.46. The van der Waals surface area contributed by atoms with E-state index in [2.05, 4.69) is 21.2 Å². The molecule has 0 spiro atoms. The molecule has 2 heterocycles. The number of nitrogen functional groups attached to an aromatic ring is 1. The van der Waals surface area contributed by atoms with Crippen molar-refractivity contribution in [3.8, 4) is 6.07 Å². The van der Waals surface area contributed by atoms with Gasteiger partial charge in [0, 0.05) is 18.8 Å². The van der Waals surface area contributed by atoms with Gasteiger partial charge in [-0.05, 0) is 42.7 Å². The predicted octanol–water partition coefficient (Wildman–Crippen LogP) is 2.07. The van der Waals surface area contributed by atoms with Gasteiger partial charge in [-0.2, -0.15) is 10.4 Å². The van der Waals surface area contributed by atoms with E-state index in [0.717, 1.165) is 23.5 Å². The van der Waals surface area contributed by atoms with Crippen molar-refractivity contribution < 1.29 is 0 Å². The predicted molar refractivity (Wildman–Crippen MR) is 77.0 cm³/mol. The van der Waals surface area contributed by atoms with Crippen LogP contribution in [-0.4, -0.2) is 10.2 Å². The highest BCUT2D eigenvalue weighted by Crippen LogP contribution is 2.31. The molecule has 100 valence electrons. The molecule has 0 amide bonds. The van der Waals surface area contributed by atoms with Crippen LogP contribution in [-0.2, 0) is 13.1 Å². The minimum Gasteiger partial charge on any atom is -0.399 e. The van der Waals surface area contributed by atoms with Crippen LogP contribution in [0.5, 0.6) is 0 Å². The molecule has 3 rings (SSSR count). The van der Waals surface area contributed by atoms with Gasteiger partial charge in [0.15, 0.2) is 5.82 Å². The second-order valence-electron chi connectivity index (χ2n) is 5.11. The monoisotopic (exact) mass is 265 g/mol. The minimum absolute atomic E-state index is 0.610. The minimum atomic E-state index is 0.610. The summed E-state index contributed by atoms with van der Waals surface area (Å²) in [6.07, 6.45) is 0. The fraction of sp³-hybridized carbons (Fsp3) is 0.267. The Morgan fingerprint density at radius 1 is 1.20 bits per heavy atom. The van der Waals surface area contributed by atoms with Crippen LogP contribution in [0.1, 0.15) is 27.9 Å². The maximum Gasteiger partial charge on any atom is 0.170 e. The van der Waals surface area contributed by atoms with Crippen molar-refractivity contribution in [2.45, 2.75) is 26.9 Å². The molecule has 0 saturated heterocycles. The molecule has 0 fully saturated rings. The maximum atomic E-state index is 9.38. The SMILES string of the molecule is Cc1nnc(N2Cc3ccc(N)cc3C2)c(C#N)c1C. The van der Waals surface area contributed by atoms with Crippen LogP contribution in [0.3, 0.4) is 0 Å². The van der Waals surface area contributed by atoms with E-state index >= 15 is 0 Å². The molecule has 0 bridgehead atoms. The third-order valence-corrected chi connectivity index (χ3v) is 3.80. The third-order valence-electron chi connectivity index (χ3n) is 3.80. The number of nitriles is 1. The van der Waals surface area contributed by atoms with Crippen molar-refractivity contribution >= 4 is 11.5 Å². The summed E-state index contributed by atoms with van der Waals surface area (Å²) >= 11 is 0. The van der Waals surface area contributed by atoms with Crippen LogP contribution < -0.4 is 10.6 Å². The fourth-order valence-corrected chi connectivity index (χ4v) is 2.52. The Labute approximate surface area is 117 Å². The number of rotatable bonds is 1. The van der Waals surface area contributed by atoms with E-state index in [0.29, 0.717) is 17.9 Å². The van der Waals surface area contributed by atoms with Gasteiger partial charge in [-0.1, -0.05) is 6.07 Å². The Balaban J connectivity index is 2.02. The average Bonchev–Trinajstić information content (AvgIpc) is 2.84. The zero-order chi connectivity index (χ0) is 14.3. The molecule has 2 N–H and O–H groups in total. The van der Waals surface area contributed by atoms with Crippen LogP contribution in [0, 0.1) is 25.2 Å². The van der Waals surface area contributed by atoms with E-state index in [4.69, 9.17) is 5.73 Å². The highest BCUT2D eigenvalue weighted by Gasteiger charge is 2.24. The van der Waals surface area contributed by atoms with Crippen LogP contribution >= 0.6 is 0 Å². The van der Waals surface area contributed by atoms with Gasteiger partial charge in [-0.25, -0.2) is 0 Å². The summed E-state index contributed by atoms with van der Waals surface area (Å²) in [5.74, 6) is 0.658. The number of hydrogen-bond donors (Lipinski definition) is 1. The van der Waals surface area contributed by atoms with Gasteiger partial charge in [-0.3, -0.25) is 0 Å². The van der Waals surface area contributed by atoms with E-state index in [1.54, 1.807) is 0 Å². The second-order valence-corrected chi connectivity index (χ2v) is 5.11. The summed E-state index contributed by atoms with van der Waals surface area (Å²) in [7, 11) is 0. The van der Waals surface area contributed by atoms with E-state index in [9.17, 15) is 5.26 Å². The van der Waals surface area contributed by atoms with Crippen molar-refractivity contribution in [1.29, 1.82) is 5.26 Å². The molecule has 1 aliphatic rings. The molecule has 0 unspecified atom stereocenters. The van der Waals surface area contributed by atoms with Crippen LogP contribution in [0.2, 0.25) is 0 Å². The first kappa shape index (κ1) is 12.4. The number of benzene rings is 1. The zero-order valence-corrected chi connectivity index (χ0v) is 11.5. The highest BCUT2D eigenvalue weighted by atomic mass is 15.3. The Hall–Kier alpha value is -2.61. The van der Waals surface area contributed by atoms with Crippen molar-refractivity contribution in [3.05, 3.63) is 46.1 Å². The summed E-state index contributed by atoms with van der Waals surface area (Å²) in [6.45, 7) is 5.23. The molecule has 0 radical (unpaired) electrons. The van der Waals surface area contributed by atoms with Gasteiger partial charge in [0.05, 0.1) is 5.69 Å². The molecular formula is C15H15N5. The van der Waals surface area contributed by atoms with E-state index in [1.807, 2.05) is 32.0 Å². The maximum absolute atomic E-state index is 9.38. The summed E-state index contributed by atoms with van der Waals surface area (Å²) in [5.41, 5.74) is 11.3. The van der Waals surface area contributed by atoms with Crippen molar-refractivity contribution in [1.82, 2.24) is 10.2 Å². The standard InChI is InChI=1S/C15H15N5/c1-9-10(2)18-19-15(14(9)6-16)20-7-11-3-4-13(17)5-12(11)8-20/h3-5H,7-8,17H2,1-2H3. The molecule has 2 aromatic rings. The van der Waals surface area contributed by atoms with E-state index in [1.165, 1.54) is 11.1 Å². The number of nitrogens with two attached hydrogens (primary N) is 1. The highest BCUT2D eigenvalue weighted by molar-refractivity contribution is 5.60. The van der Waals surface area contributed by atoms with Gasteiger partial charge in [0.25, 0.3) is 0 Å². The molecular weight excluding hydrogens is 250 g/mol. The number of anilines is 2. The molecule has 20 heavy (non-hydrogen) atoms. The lowest BCUT2D eigenvalue weighted by molar-refractivity contribution is 0.816. The lowest BCUT2D eigenvalue weighted by atomic mass is 10.1. The van der Waals surface area contributed by atoms with Crippen LogP contribution in [0.15, 0.2) is 18.2 Å². The van der Waals surface area contributed by atoms with Crippen molar-refractivity contribution in [2.24, 2.45) is 0 Å². The van der Waals surface area contributed by atoms with Crippen molar-refractivity contribution in [2.75, 3.05) is 10.6 Å². The molecule has 0 atom stereocenters. The van der Waals surface area contributed by atoms with Gasteiger partial charge < -0.3 is 10.6 Å². The normalized spacial score (nSPS) is 13.2. The molecule has 5 nitrogen and oxygen atoms in total. The number of hydrogen-bond acceptors (Lipinski definition) is 5. The molecule has 1 aromatic carbocycles. The third kappa shape index (κ3) is 1.86. The number of aromatic nitrogens is 2. The van der Waals surface area contributed by atoms with Gasteiger partial charge in [0.1, 0.15) is 11.6 Å². The van der Waals surface area contributed by atoms with E-state index in [-0.39, 0.29) is 0 Å². The average molecular weight is 265 g/mol. The van der Waals surface area contributed by atoms with Crippen LogP contribution in [0.4, 0.5) is 11.5 Å². The first-order valence-corrected chi connectivity index (χ1v) is 6.46. The van der Waals surface area contributed by atoms with E-state index < -0.39 is 0 Å². The van der Waals surface area contributed by atoms with Crippen LogP contribution in [0.25, 0.3) is 0 Å². The molecule has 1 aromatic heterocycles. The quantitative estimate of drug-likeness (QED) is 0.798. The zero-order valence-electron chi connectivity index (χ0n) is 11.5.